The van der Waals surface area contributed by atoms with Crippen molar-refractivity contribution in [3.8, 4) is 28.6 Å². The largest absolute Gasteiger partial charge is 0.419 e. The number of hydrogen-bond acceptors (Lipinski definition) is 6. The zero-order valence-electron chi connectivity index (χ0n) is 16.2. The van der Waals surface area contributed by atoms with Gasteiger partial charge in [-0.1, -0.05) is 6.07 Å². The van der Waals surface area contributed by atoms with Crippen LogP contribution in [0.25, 0.3) is 39.2 Å². The number of pyridine rings is 1. The molecule has 0 saturated heterocycles. The molecular weight excluding hydrogens is 419 g/mol. The third-order valence-corrected chi connectivity index (χ3v) is 5.05. The molecule has 3 aromatic heterocycles. The second-order valence-electron chi connectivity index (χ2n) is 7.02. The number of aromatic nitrogens is 5. The lowest BCUT2D eigenvalue weighted by molar-refractivity contribution is -0.137. The van der Waals surface area contributed by atoms with Crippen LogP contribution < -0.4 is 5.73 Å². The maximum absolute atomic E-state index is 13.3. The van der Waals surface area contributed by atoms with Crippen LogP contribution in [-0.4, -0.2) is 24.6 Å². The molecule has 0 bridgehead atoms. The summed E-state index contributed by atoms with van der Waals surface area (Å²) in [7, 11) is 0. The molecule has 7 nitrogen and oxygen atoms in total. The fraction of sp³-hybridized carbons (Fsp3) is 0.0455. The summed E-state index contributed by atoms with van der Waals surface area (Å²) in [6.45, 7) is 0. The number of nitrogen functional groups attached to an aromatic ring is 1. The van der Waals surface area contributed by atoms with Crippen LogP contribution in [0.15, 0.2) is 60.9 Å². The Hall–Kier alpha value is -4.52. The van der Waals surface area contributed by atoms with E-state index in [1.165, 1.54) is 6.20 Å². The summed E-state index contributed by atoms with van der Waals surface area (Å²) in [6.07, 6.45) is -1.75. The van der Waals surface area contributed by atoms with Crippen LogP contribution in [0, 0.1) is 11.3 Å². The number of benzene rings is 2. The quantitative estimate of drug-likeness (QED) is 0.442. The van der Waals surface area contributed by atoms with Gasteiger partial charge in [0.1, 0.15) is 5.82 Å². The molecule has 2 aromatic carbocycles. The Morgan fingerprint density at radius 3 is 2.34 bits per heavy atom. The van der Waals surface area contributed by atoms with Crippen molar-refractivity contribution in [1.29, 1.82) is 5.26 Å². The van der Waals surface area contributed by atoms with Crippen LogP contribution in [0.3, 0.4) is 0 Å². The molecule has 0 aliphatic rings. The SMILES string of the molecule is N#Cc1ccc(-c2nnc3cnc4ccc(-c5cnc(N)c(C(F)(F)F)c5)cc4n23)cc1. The number of nitrogens with zero attached hydrogens (tertiary/aromatic N) is 6. The van der Waals surface area contributed by atoms with E-state index in [2.05, 4.69) is 26.2 Å². The Kier molecular flexibility index (Phi) is 4.27. The van der Waals surface area contributed by atoms with Gasteiger partial charge in [0.2, 0.25) is 0 Å². The van der Waals surface area contributed by atoms with Gasteiger partial charge in [-0.05, 0) is 48.0 Å². The van der Waals surface area contributed by atoms with Crippen molar-refractivity contribution >= 4 is 22.5 Å². The molecular formula is C22H12F3N7. The minimum absolute atomic E-state index is 0.262. The summed E-state index contributed by atoms with van der Waals surface area (Å²) >= 11 is 0. The summed E-state index contributed by atoms with van der Waals surface area (Å²) in [4.78, 5) is 8.09. The number of nitrogens with two attached hydrogens (primary N) is 1. The Balaban J connectivity index is 1.72. The molecule has 3 heterocycles. The molecule has 0 amide bonds. The number of rotatable bonds is 2. The van der Waals surface area contributed by atoms with E-state index in [0.717, 1.165) is 11.6 Å². The van der Waals surface area contributed by atoms with Crippen LogP contribution in [0.1, 0.15) is 11.1 Å². The molecule has 0 aliphatic carbocycles. The number of fused-ring (bicyclic) bond motifs is 3. The summed E-state index contributed by atoms with van der Waals surface area (Å²) in [6, 6.07) is 15.0. The monoisotopic (exact) mass is 431 g/mol. The second-order valence-corrected chi connectivity index (χ2v) is 7.02. The van der Waals surface area contributed by atoms with Crippen molar-refractivity contribution in [3.05, 3.63) is 72.1 Å². The van der Waals surface area contributed by atoms with Crippen molar-refractivity contribution in [2.24, 2.45) is 0 Å². The summed E-state index contributed by atoms with van der Waals surface area (Å²) < 4.78 is 41.6. The summed E-state index contributed by atoms with van der Waals surface area (Å²) in [5, 5.41) is 17.4. The number of anilines is 1. The van der Waals surface area contributed by atoms with E-state index in [9.17, 15) is 13.2 Å². The van der Waals surface area contributed by atoms with Crippen molar-refractivity contribution < 1.29 is 13.2 Å². The lowest BCUT2D eigenvalue weighted by atomic mass is 10.0. The third-order valence-electron chi connectivity index (χ3n) is 5.05. The van der Waals surface area contributed by atoms with Gasteiger partial charge in [0, 0.05) is 17.3 Å². The zero-order valence-corrected chi connectivity index (χ0v) is 16.2. The van der Waals surface area contributed by atoms with Gasteiger partial charge in [0.25, 0.3) is 0 Å². The standard InChI is InChI=1S/C22H12F3N7/c23-22(24,25)16-7-15(10-29-20(16)27)14-5-6-17-18(8-14)32-19(11-28-17)30-31-21(32)13-3-1-12(9-26)2-4-13/h1-8,10-11H,(H2,27,29). The highest BCUT2D eigenvalue weighted by molar-refractivity contribution is 5.85. The molecule has 0 radical (unpaired) electrons. The average molecular weight is 431 g/mol. The van der Waals surface area contributed by atoms with E-state index < -0.39 is 17.6 Å². The predicted molar refractivity (Wildman–Crippen MR) is 111 cm³/mol. The number of halogens is 3. The highest BCUT2D eigenvalue weighted by Gasteiger charge is 2.34. The highest BCUT2D eigenvalue weighted by Crippen LogP contribution is 2.35. The molecule has 0 spiro atoms. The molecule has 0 aliphatic heterocycles. The smallest absolute Gasteiger partial charge is 0.383 e. The van der Waals surface area contributed by atoms with Crippen LogP contribution in [-0.2, 0) is 6.18 Å². The summed E-state index contributed by atoms with van der Waals surface area (Å²) in [5.74, 6) is -0.0616. The molecule has 2 N–H and O–H groups in total. The first kappa shape index (κ1) is 19.4. The van der Waals surface area contributed by atoms with E-state index in [-0.39, 0.29) is 5.56 Å². The fourth-order valence-electron chi connectivity index (χ4n) is 3.48. The van der Waals surface area contributed by atoms with E-state index in [0.29, 0.717) is 33.6 Å². The predicted octanol–water partition coefficient (Wildman–Crippen LogP) is 4.48. The fourth-order valence-corrected chi connectivity index (χ4v) is 3.48. The third kappa shape index (κ3) is 3.16. The molecule has 156 valence electrons. The topological polar surface area (TPSA) is 106 Å². The van der Waals surface area contributed by atoms with E-state index in [1.54, 1.807) is 53.1 Å². The summed E-state index contributed by atoms with van der Waals surface area (Å²) in [5.41, 5.74) is 8.12. The molecule has 10 heteroatoms. The van der Waals surface area contributed by atoms with Crippen LogP contribution in [0.5, 0.6) is 0 Å². The first-order valence-corrected chi connectivity index (χ1v) is 9.32. The van der Waals surface area contributed by atoms with Gasteiger partial charge in [-0.15, -0.1) is 10.2 Å². The molecule has 0 saturated carbocycles. The van der Waals surface area contributed by atoms with Crippen molar-refractivity contribution in [3.63, 3.8) is 0 Å². The maximum Gasteiger partial charge on any atom is 0.419 e. The van der Waals surface area contributed by atoms with Crippen LogP contribution >= 0.6 is 0 Å². The molecule has 5 rings (SSSR count). The first-order chi connectivity index (χ1) is 15.3. The first-order valence-electron chi connectivity index (χ1n) is 9.32. The lowest BCUT2D eigenvalue weighted by Crippen LogP contribution is -2.10. The van der Waals surface area contributed by atoms with Crippen molar-refractivity contribution in [2.75, 3.05) is 5.73 Å². The van der Waals surface area contributed by atoms with Crippen LogP contribution in [0.4, 0.5) is 19.0 Å². The normalized spacial score (nSPS) is 11.7. The molecule has 0 unspecified atom stereocenters. The number of nitriles is 1. The number of alkyl halides is 3. The Bertz CT molecular complexity index is 1530. The van der Waals surface area contributed by atoms with Crippen molar-refractivity contribution in [1.82, 2.24) is 24.6 Å². The van der Waals surface area contributed by atoms with Gasteiger partial charge >= 0.3 is 6.18 Å². The zero-order chi connectivity index (χ0) is 22.5. The van der Waals surface area contributed by atoms with Gasteiger partial charge in [0.15, 0.2) is 11.5 Å². The Labute approximate surface area is 178 Å². The highest BCUT2D eigenvalue weighted by atomic mass is 19.4. The minimum Gasteiger partial charge on any atom is -0.383 e. The van der Waals surface area contributed by atoms with Crippen LogP contribution in [0.2, 0.25) is 0 Å². The van der Waals surface area contributed by atoms with Gasteiger partial charge < -0.3 is 5.73 Å². The van der Waals surface area contributed by atoms with Gasteiger partial charge in [-0.2, -0.15) is 18.4 Å². The van der Waals surface area contributed by atoms with Gasteiger partial charge in [0.05, 0.1) is 34.4 Å². The Morgan fingerprint density at radius 2 is 1.62 bits per heavy atom. The Morgan fingerprint density at radius 1 is 0.875 bits per heavy atom. The molecule has 0 atom stereocenters. The number of hydrogen-bond donors (Lipinski definition) is 1. The van der Waals surface area contributed by atoms with Crippen molar-refractivity contribution in [2.45, 2.75) is 6.18 Å². The maximum atomic E-state index is 13.3. The van der Waals surface area contributed by atoms with E-state index in [4.69, 9.17) is 11.0 Å². The molecule has 32 heavy (non-hydrogen) atoms. The second kappa shape index (κ2) is 7.02. The average Bonchev–Trinajstić information content (AvgIpc) is 3.23. The molecule has 5 aromatic rings. The van der Waals surface area contributed by atoms with E-state index >= 15 is 0 Å². The van der Waals surface area contributed by atoms with Gasteiger partial charge in [-0.3, -0.25) is 9.38 Å². The molecule has 0 fully saturated rings. The van der Waals surface area contributed by atoms with E-state index in [1.807, 2.05) is 0 Å². The lowest BCUT2D eigenvalue weighted by Gasteiger charge is -2.12. The minimum atomic E-state index is -4.62. The van der Waals surface area contributed by atoms with Gasteiger partial charge in [-0.25, -0.2) is 4.98 Å².